The van der Waals surface area contributed by atoms with Crippen molar-refractivity contribution in [3.05, 3.63) is 24.4 Å². The molecule has 2 fully saturated rings. The molecule has 2 amide bonds. The molecule has 6 nitrogen and oxygen atoms in total. The van der Waals surface area contributed by atoms with Gasteiger partial charge in [0.1, 0.15) is 5.41 Å². The highest BCUT2D eigenvalue weighted by Crippen LogP contribution is 2.52. The fraction of sp³-hybridized carbons (Fsp3) is 0.696. The minimum absolute atomic E-state index is 0.0198. The van der Waals surface area contributed by atoms with E-state index >= 15 is 0 Å². The average molecular weight is 403 g/mol. The van der Waals surface area contributed by atoms with Crippen molar-refractivity contribution in [3.63, 3.8) is 0 Å². The van der Waals surface area contributed by atoms with Gasteiger partial charge < -0.3 is 14.5 Å². The number of allylic oxidation sites excluding steroid dienone is 1. The van der Waals surface area contributed by atoms with E-state index < -0.39 is 11.3 Å². The average Bonchev–Trinajstić information content (AvgIpc) is 2.91. The summed E-state index contributed by atoms with van der Waals surface area (Å²) >= 11 is 0. The molecule has 2 saturated heterocycles. The van der Waals surface area contributed by atoms with Gasteiger partial charge in [-0.05, 0) is 45.4 Å². The highest BCUT2D eigenvalue weighted by Gasteiger charge is 2.61. The van der Waals surface area contributed by atoms with Crippen LogP contribution in [0.15, 0.2) is 24.4 Å². The number of hydrogen-bond donors (Lipinski definition) is 0. The first-order valence-corrected chi connectivity index (χ1v) is 11.1. The molecule has 0 aromatic heterocycles. The van der Waals surface area contributed by atoms with Gasteiger partial charge in [-0.1, -0.05) is 25.0 Å². The van der Waals surface area contributed by atoms with Gasteiger partial charge in [-0.25, -0.2) is 0 Å². The molecular weight excluding hydrogens is 368 g/mol. The maximum Gasteiger partial charge on any atom is 0.318 e. The standard InChI is InChI=1S/C23H34N2O4/c1-3-14-25-19-12-8-5-6-9-13-23(19,22(28)29-4-2)18(21(25)27)17-20(26)24-15-10-7-11-16-24/h3,12,18H,1,4-11,13-17H2,2H3/b19-12+/t18-,23-/m1/s1. The molecule has 0 unspecified atom stereocenters. The zero-order chi connectivity index (χ0) is 20.9. The number of amides is 2. The summed E-state index contributed by atoms with van der Waals surface area (Å²) < 4.78 is 5.51. The van der Waals surface area contributed by atoms with E-state index in [-0.39, 0.29) is 30.8 Å². The van der Waals surface area contributed by atoms with Crippen LogP contribution in [-0.2, 0) is 19.1 Å². The first-order chi connectivity index (χ1) is 14.1. The maximum absolute atomic E-state index is 13.5. The summed E-state index contributed by atoms with van der Waals surface area (Å²) in [6, 6.07) is 0. The molecule has 3 aliphatic rings. The molecule has 3 rings (SSSR count). The van der Waals surface area contributed by atoms with Crippen LogP contribution in [0.5, 0.6) is 0 Å². The summed E-state index contributed by atoms with van der Waals surface area (Å²) in [4.78, 5) is 43.4. The fourth-order valence-electron chi connectivity index (χ4n) is 5.13. The van der Waals surface area contributed by atoms with Crippen molar-refractivity contribution >= 4 is 17.8 Å². The van der Waals surface area contributed by atoms with Crippen molar-refractivity contribution in [1.82, 2.24) is 9.80 Å². The lowest BCUT2D eigenvalue weighted by Crippen LogP contribution is -2.44. The van der Waals surface area contributed by atoms with Gasteiger partial charge in [-0.15, -0.1) is 6.58 Å². The third-order valence-electron chi connectivity index (χ3n) is 6.56. The number of nitrogens with zero attached hydrogens (tertiary/aromatic N) is 2. The minimum atomic E-state index is -1.05. The number of carbonyl (C=O) groups excluding carboxylic acids is 3. The monoisotopic (exact) mass is 402 g/mol. The molecule has 1 aliphatic carbocycles. The summed E-state index contributed by atoms with van der Waals surface area (Å²) in [5.41, 5.74) is -0.320. The number of ether oxygens (including phenoxy) is 1. The van der Waals surface area contributed by atoms with Crippen LogP contribution in [0.1, 0.15) is 64.7 Å². The van der Waals surface area contributed by atoms with E-state index in [1.807, 2.05) is 11.0 Å². The molecule has 0 aromatic carbocycles. The largest absolute Gasteiger partial charge is 0.465 e. The van der Waals surface area contributed by atoms with Crippen LogP contribution in [-0.4, -0.2) is 53.8 Å². The lowest BCUT2D eigenvalue weighted by Gasteiger charge is -2.35. The second-order valence-electron chi connectivity index (χ2n) is 8.32. The number of piperidine rings is 1. The lowest BCUT2D eigenvalue weighted by molar-refractivity contribution is -0.158. The summed E-state index contributed by atoms with van der Waals surface area (Å²) in [6.45, 7) is 7.66. The van der Waals surface area contributed by atoms with E-state index in [9.17, 15) is 14.4 Å². The Hall–Kier alpha value is -2.11. The second kappa shape index (κ2) is 9.59. The number of hydrogen-bond acceptors (Lipinski definition) is 4. The van der Waals surface area contributed by atoms with Gasteiger partial charge in [-0.2, -0.15) is 0 Å². The van der Waals surface area contributed by atoms with Gasteiger partial charge >= 0.3 is 5.97 Å². The Bertz CT molecular complexity index is 680. The second-order valence-corrected chi connectivity index (χ2v) is 8.32. The fourth-order valence-corrected chi connectivity index (χ4v) is 5.13. The van der Waals surface area contributed by atoms with E-state index in [1.54, 1.807) is 17.9 Å². The molecule has 2 atom stereocenters. The van der Waals surface area contributed by atoms with Gasteiger partial charge in [0.05, 0.1) is 12.5 Å². The Kier molecular flexibility index (Phi) is 7.14. The highest BCUT2D eigenvalue weighted by molar-refractivity contribution is 5.99. The predicted molar refractivity (Wildman–Crippen MR) is 111 cm³/mol. The van der Waals surface area contributed by atoms with Crippen LogP contribution < -0.4 is 0 Å². The number of esters is 1. The van der Waals surface area contributed by atoms with Crippen LogP contribution >= 0.6 is 0 Å². The molecule has 160 valence electrons. The first kappa shape index (κ1) is 21.6. The van der Waals surface area contributed by atoms with Crippen LogP contribution in [0.2, 0.25) is 0 Å². The summed E-state index contributed by atoms with van der Waals surface area (Å²) in [5.74, 6) is -1.21. The zero-order valence-corrected chi connectivity index (χ0v) is 17.7. The summed E-state index contributed by atoms with van der Waals surface area (Å²) in [5, 5.41) is 0. The van der Waals surface area contributed by atoms with Crippen LogP contribution in [0, 0.1) is 11.3 Å². The zero-order valence-electron chi connectivity index (χ0n) is 17.7. The highest BCUT2D eigenvalue weighted by atomic mass is 16.5. The van der Waals surface area contributed by atoms with E-state index in [0.29, 0.717) is 13.0 Å². The molecule has 0 saturated carbocycles. The van der Waals surface area contributed by atoms with E-state index in [2.05, 4.69) is 6.58 Å². The number of likely N-dealkylation sites (tertiary alicyclic amines) is 2. The smallest absolute Gasteiger partial charge is 0.318 e. The Balaban J connectivity index is 2.00. The van der Waals surface area contributed by atoms with Crippen molar-refractivity contribution < 1.29 is 19.1 Å². The van der Waals surface area contributed by atoms with Crippen molar-refractivity contribution in [3.8, 4) is 0 Å². The third-order valence-corrected chi connectivity index (χ3v) is 6.56. The van der Waals surface area contributed by atoms with Gasteiger partial charge in [0.15, 0.2) is 0 Å². The molecule has 2 heterocycles. The topological polar surface area (TPSA) is 66.9 Å². The molecule has 6 heteroatoms. The van der Waals surface area contributed by atoms with Gasteiger partial charge in [-0.3, -0.25) is 14.4 Å². The Morgan fingerprint density at radius 1 is 1.21 bits per heavy atom. The molecule has 0 N–H and O–H groups in total. The van der Waals surface area contributed by atoms with Gasteiger partial charge in [0.2, 0.25) is 11.8 Å². The Morgan fingerprint density at radius 3 is 2.62 bits per heavy atom. The summed E-state index contributed by atoms with van der Waals surface area (Å²) in [6.07, 6.45) is 11.2. The Morgan fingerprint density at radius 2 is 1.93 bits per heavy atom. The molecule has 2 aliphatic heterocycles. The van der Waals surface area contributed by atoms with Crippen LogP contribution in [0.3, 0.4) is 0 Å². The van der Waals surface area contributed by atoms with E-state index in [4.69, 9.17) is 4.74 Å². The molecular formula is C23H34N2O4. The van der Waals surface area contributed by atoms with Gasteiger partial charge in [0.25, 0.3) is 0 Å². The van der Waals surface area contributed by atoms with Crippen molar-refractivity contribution in [1.29, 1.82) is 0 Å². The molecule has 0 radical (unpaired) electrons. The first-order valence-electron chi connectivity index (χ1n) is 11.1. The molecule has 29 heavy (non-hydrogen) atoms. The normalized spacial score (nSPS) is 29.3. The van der Waals surface area contributed by atoms with E-state index in [1.165, 1.54) is 0 Å². The van der Waals surface area contributed by atoms with Crippen molar-refractivity contribution in [2.45, 2.75) is 64.7 Å². The third kappa shape index (κ3) is 4.12. The molecule has 0 spiro atoms. The van der Waals surface area contributed by atoms with Crippen molar-refractivity contribution in [2.24, 2.45) is 11.3 Å². The molecule has 0 bridgehead atoms. The number of carbonyl (C=O) groups is 3. The van der Waals surface area contributed by atoms with Crippen LogP contribution in [0.4, 0.5) is 0 Å². The Labute approximate surface area is 173 Å². The quantitative estimate of drug-likeness (QED) is 0.504. The predicted octanol–water partition coefficient (Wildman–Crippen LogP) is 3.43. The number of fused-ring (bicyclic) bond motifs is 1. The maximum atomic E-state index is 13.5. The van der Waals surface area contributed by atoms with E-state index in [0.717, 1.165) is 63.7 Å². The lowest BCUT2D eigenvalue weighted by atomic mass is 9.69. The van der Waals surface area contributed by atoms with Crippen LogP contribution in [0.25, 0.3) is 0 Å². The SMILES string of the molecule is C=CCN1C(=O)[C@@H](CC(=O)N2CCCCC2)[C@]2(C(=O)OCC)CCCCC/C=C/12. The van der Waals surface area contributed by atoms with Crippen molar-refractivity contribution in [2.75, 3.05) is 26.2 Å². The minimum Gasteiger partial charge on any atom is -0.465 e. The molecule has 0 aromatic rings. The van der Waals surface area contributed by atoms with Gasteiger partial charge in [0, 0.05) is 31.8 Å². The summed E-state index contributed by atoms with van der Waals surface area (Å²) in [7, 11) is 0. The number of rotatable bonds is 6.